The molecule has 4 aromatic rings. The summed E-state index contributed by atoms with van der Waals surface area (Å²) in [6.07, 6.45) is 2.10. The Morgan fingerprint density at radius 2 is 1.69 bits per heavy atom. The lowest BCUT2D eigenvalue weighted by molar-refractivity contribution is 0.0211. The lowest BCUT2D eigenvalue weighted by Crippen LogP contribution is -2.40. The minimum absolute atomic E-state index is 0.0748. The first-order valence-corrected chi connectivity index (χ1v) is 19.0. The lowest BCUT2D eigenvalue weighted by Gasteiger charge is -2.37. The number of aromatic nitrogens is 1. The number of anilines is 1. The van der Waals surface area contributed by atoms with Gasteiger partial charge >= 0.3 is 6.09 Å². The molecule has 3 aromatic carbocycles. The van der Waals surface area contributed by atoms with Crippen LogP contribution >= 0.6 is 0 Å². The Labute approximate surface area is 317 Å². The van der Waals surface area contributed by atoms with E-state index < -0.39 is 11.7 Å². The van der Waals surface area contributed by atoms with Gasteiger partial charge in [-0.15, -0.1) is 0 Å². The average molecular weight is 737 g/mol. The van der Waals surface area contributed by atoms with Crippen molar-refractivity contribution >= 4 is 17.7 Å². The molecule has 54 heavy (non-hydrogen) atoms. The Hall–Kier alpha value is -4.96. The van der Waals surface area contributed by atoms with Gasteiger partial charge in [-0.2, -0.15) is 0 Å². The highest BCUT2D eigenvalue weighted by Gasteiger charge is 2.46. The van der Waals surface area contributed by atoms with Crippen LogP contribution in [0.2, 0.25) is 0 Å². The van der Waals surface area contributed by atoms with Crippen LogP contribution in [0.3, 0.4) is 0 Å². The normalized spacial score (nSPS) is 17.2. The molecule has 2 heterocycles. The number of hydrogen-bond donors (Lipinski definition) is 2. The number of nitrogens with zero attached hydrogens (tertiary/aromatic N) is 2. The molecule has 6 rings (SSSR count). The molecule has 2 atom stereocenters. The van der Waals surface area contributed by atoms with Gasteiger partial charge in [0.1, 0.15) is 11.4 Å². The predicted molar refractivity (Wildman–Crippen MR) is 211 cm³/mol. The number of halogens is 1. The molecule has 2 fully saturated rings. The smallest absolute Gasteiger partial charge is 0.410 e. The van der Waals surface area contributed by atoms with Gasteiger partial charge in [-0.25, -0.2) is 9.18 Å². The van der Waals surface area contributed by atoms with Gasteiger partial charge in [0.25, 0.3) is 11.5 Å². The summed E-state index contributed by atoms with van der Waals surface area (Å²) in [5.41, 5.74) is 7.09. The SMILES string of the molecule is CCN(c1cc(-c2ccc([C@@H]3C[C@H]3N(Cc3ccccc3F)C(=O)OC(C)(C)C)cc2)cc(C(=O)NCc2c(C)cc(C)[nH]c2=O)c1C)C1CCOCC1. The summed E-state index contributed by atoms with van der Waals surface area (Å²) in [5.74, 6) is -0.520. The number of amides is 2. The molecule has 286 valence electrons. The maximum atomic E-state index is 14.7. The monoisotopic (exact) mass is 736 g/mol. The maximum absolute atomic E-state index is 14.7. The predicted octanol–water partition coefficient (Wildman–Crippen LogP) is 8.33. The topological polar surface area (TPSA) is 104 Å². The van der Waals surface area contributed by atoms with Crippen LogP contribution in [-0.2, 0) is 22.6 Å². The highest BCUT2D eigenvalue weighted by atomic mass is 19.1. The van der Waals surface area contributed by atoms with Crippen LogP contribution in [0.4, 0.5) is 14.9 Å². The van der Waals surface area contributed by atoms with Crippen LogP contribution in [-0.4, -0.2) is 59.3 Å². The van der Waals surface area contributed by atoms with Crippen molar-refractivity contribution in [2.24, 2.45) is 0 Å². The van der Waals surface area contributed by atoms with Gasteiger partial charge < -0.3 is 29.6 Å². The molecule has 0 bridgehead atoms. The van der Waals surface area contributed by atoms with Gasteiger partial charge in [0, 0.05) is 72.4 Å². The van der Waals surface area contributed by atoms with Crippen LogP contribution in [0.5, 0.6) is 0 Å². The van der Waals surface area contributed by atoms with E-state index in [2.05, 4.69) is 52.5 Å². The van der Waals surface area contributed by atoms with Gasteiger partial charge in [-0.1, -0.05) is 42.5 Å². The number of carbonyl (C=O) groups excluding carboxylic acids is 2. The third-order valence-corrected chi connectivity index (χ3v) is 10.6. The van der Waals surface area contributed by atoms with Crippen molar-refractivity contribution in [1.29, 1.82) is 0 Å². The fourth-order valence-electron chi connectivity index (χ4n) is 7.64. The maximum Gasteiger partial charge on any atom is 0.410 e. The minimum atomic E-state index is -0.686. The van der Waals surface area contributed by atoms with E-state index in [1.165, 1.54) is 6.07 Å². The van der Waals surface area contributed by atoms with E-state index in [0.29, 0.717) is 29.9 Å². The molecule has 2 aliphatic rings. The van der Waals surface area contributed by atoms with E-state index in [9.17, 15) is 18.8 Å². The quantitative estimate of drug-likeness (QED) is 0.161. The molecule has 1 saturated heterocycles. The van der Waals surface area contributed by atoms with E-state index in [-0.39, 0.29) is 48.4 Å². The van der Waals surface area contributed by atoms with E-state index in [0.717, 1.165) is 65.0 Å². The number of pyridine rings is 1. The molecule has 1 aliphatic heterocycles. The van der Waals surface area contributed by atoms with Crippen molar-refractivity contribution in [3.8, 4) is 11.1 Å². The highest BCUT2D eigenvalue weighted by molar-refractivity contribution is 5.99. The molecule has 0 unspecified atom stereocenters. The first kappa shape index (κ1) is 38.8. The van der Waals surface area contributed by atoms with Crippen LogP contribution < -0.4 is 15.8 Å². The number of benzene rings is 3. The van der Waals surface area contributed by atoms with Crippen molar-refractivity contribution in [2.45, 2.75) is 104 Å². The summed E-state index contributed by atoms with van der Waals surface area (Å²) in [6.45, 7) is 15.8. The first-order chi connectivity index (χ1) is 25.7. The summed E-state index contributed by atoms with van der Waals surface area (Å²) in [5, 5.41) is 3.03. The molecule has 1 aromatic heterocycles. The highest BCUT2D eigenvalue weighted by Crippen LogP contribution is 2.46. The zero-order valence-corrected chi connectivity index (χ0v) is 32.6. The van der Waals surface area contributed by atoms with Gasteiger partial charge in [-0.05, 0) is 120 Å². The third kappa shape index (κ3) is 8.87. The van der Waals surface area contributed by atoms with Crippen molar-refractivity contribution in [3.05, 3.63) is 122 Å². The van der Waals surface area contributed by atoms with Crippen molar-refractivity contribution < 1.29 is 23.5 Å². The zero-order valence-electron chi connectivity index (χ0n) is 32.6. The fraction of sp³-hybridized carbons (Fsp3) is 0.432. The van der Waals surface area contributed by atoms with Crippen molar-refractivity contribution in [1.82, 2.24) is 15.2 Å². The number of nitrogens with one attached hydrogen (secondary N) is 2. The zero-order chi connectivity index (χ0) is 38.7. The van der Waals surface area contributed by atoms with Gasteiger partial charge in [0.15, 0.2) is 0 Å². The summed E-state index contributed by atoms with van der Waals surface area (Å²) in [7, 11) is 0. The molecule has 2 N–H and O–H groups in total. The van der Waals surface area contributed by atoms with Crippen molar-refractivity contribution in [2.75, 3.05) is 24.7 Å². The van der Waals surface area contributed by atoms with Crippen LogP contribution in [0.1, 0.15) is 96.7 Å². The van der Waals surface area contributed by atoms with E-state index in [1.807, 2.05) is 53.7 Å². The Kier molecular flexibility index (Phi) is 11.6. The molecule has 9 nitrogen and oxygen atoms in total. The van der Waals surface area contributed by atoms with E-state index in [1.54, 1.807) is 23.1 Å². The molecule has 10 heteroatoms. The number of aromatic amines is 1. The standard InChI is InChI=1S/C44H53FN4O5/c1-8-48(34-17-19-53-20-18-34)39-23-33(22-35(29(39)4)41(50)46-25-37-27(2)21-28(3)47-42(37)51)30-13-15-31(16-14-30)36-24-40(36)49(43(52)54-44(5,6)7)26-32-11-9-10-12-38(32)45/h9-16,21-23,34,36,40H,8,17-20,24-26H2,1-7H3,(H,46,50)(H,47,51)/t36-,40+/m0/s1. The van der Waals surface area contributed by atoms with E-state index >= 15 is 0 Å². The summed E-state index contributed by atoms with van der Waals surface area (Å²) in [6, 6.07) is 21.0. The van der Waals surface area contributed by atoms with E-state index in [4.69, 9.17) is 9.47 Å². The average Bonchev–Trinajstić information content (AvgIpc) is 3.92. The number of carbonyl (C=O) groups is 2. The summed E-state index contributed by atoms with van der Waals surface area (Å²) in [4.78, 5) is 47.0. The Bertz CT molecular complexity index is 2050. The second-order valence-corrected chi connectivity index (χ2v) is 15.7. The molecule has 1 aliphatic carbocycles. The molecular weight excluding hydrogens is 684 g/mol. The summed E-state index contributed by atoms with van der Waals surface area (Å²) < 4.78 is 26.1. The van der Waals surface area contributed by atoms with Gasteiger partial charge in [0.2, 0.25) is 0 Å². The Morgan fingerprint density at radius 3 is 2.33 bits per heavy atom. The Morgan fingerprint density at radius 1 is 0.981 bits per heavy atom. The second-order valence-electron chi connectivity index (χ2n) is 15.7. The van der Waals surface area contributed by atoms with Crippen LogP contribution in [0.25, 0.3) is 11.1 Å². The fourth-order valence-corrected chi connectivity index (χ4v) is 7.64. The van der Waals surface area contributed by atoms with Gasteiger partial charge in [0.05, 0.1) is 6.54 Å². The largest absolute Gasteiger partial charge is 0.444 e. The number of hydrogen-bond acceptors (Lipinski definition) is 6. The Balaban J connectivity index is 1.29. The van der Waals surface area contributed by atoms with Crippen molar-refractivity contribution in [3.63, 3.8) is 0 Å². The lowest BCUT2D eigenvalue weighted by atomic mass is 9.94. The number of H-pyrrole nitrogens is 1. The molecule has 2 amide bonds. The molecule has 1 saturated carbocycles. The molecule has 0 spiro atoms. The van der Waals surface area contributed by atoms with Crippen LogP contribution in [0, 0.1) is 26.6 Å². The number of aryl methyl sites for hydroxylation is 2. The van der Waals surface area contributed by atoms with Gasteiger partial charge in [-0.3, -0.25) is 9.59 Å². The van der Waals surface area contributed by atoms with Crippen LogP contribution in [0.15, 0.2) is 71.5 Å². The molecular formula is C44H53FN4O5. The first-order valence-electron chi connectivity index (χ1n) is 19.0. The second kappa shape index (κ2) is 16.2. The summed E-state index contributed by atoms with van der Waals surface area (Å²) >= 11 is 0. The number of ether oxygens (including phenoxy) is 2. The third-order valence-electron chi connectivity index (χ3n) is 10.6. The number of rotatable bonds is 11. The minimum Gasteiger partial charge on any atom is -0.444 e. The molecule has 0 radical (unpaired) electrons.